The molecule has 2 aliphatic carbocycles. The molecule has 0 amide bonds. The first-order valence-electron chi connectivity index (χ1n) is 6.70. The predicted molar refractivity (Wildman–Crippen MR) is 69.4 cm³/mol. The van der Waals surface area contributed by atoms with E-state index in [1.54, 1.807) is 5.56 Å². The lowest BCUT2D eigenvalue weighted by Crippen LogP contribution is -2.18. The summed E-state index contributed by atoms with van der Waals surface area (Å²) in [7, 11) is 0. The van der Waals surface area contributed by atoms with Crippen LogP contribution in [0.2, 0.25) is 0 Å². The number of fused-ring (bicyclic) bond motifs is 1. The van der Waals surface area contributed by atoms with Crippen molar-refractivity contribution in [3.8, 4) is 0 Å². The Hall–Kier alpha value is -1.04. The Kier molecular flexibility index (Phi) is 2.82. The van der Waals surface area contributed by atoms with Crippen LogP contribution in [0.15, 0.2) is 30.3 Å². The van der Waals surface area contributed by atoms with E-state index in [4.69, 9.17) is 0 Å². The van der Waals surface area contributed by atoms with Crippen LogP contribution in [-0.2, 0) is 0 Å². The number of allylic oxidation sites excluding steroid dienone is 1. The Bertz CT molecular complexity index is 383. The summed E-state index contributed by atoms with van der Waals surface area (Å²) in [4.78, 5) is 0. The Morgan fingerprint density at radius 1 is 0.938 bits per heavy atom. The highest BCUT2D eigenvalue weighted by Crippen LogP contribution is 2.41. The predicted octanol–water partition coefficient (Wildman–Crippen LogP) is 4.77. The fraction of sp³-hybridized carbons (Fsp3) is 0.500. The molecule has 3 rings (SSSR count). The number of benzene rings is 1. The van der Waals surface area contributed by atoms with Gasteiger partial charge >= 0.3 is 0 Å². The Balaban J connectivity index is 1.88. The second-order valence-corrected chi connectivity index (χ2v) is 5.27. The van der Waals surface area contributed by atoms with Crippen molar-refractivity contribution in [2.24, 2.45) is 5.92 Å². The maximum Gasteiger partial charge on any atom is -0.00930 e. The zero-order valence-corrected chi connectivity index (χ0v) is 9.86. The van der Waals surface area contributed by atoms with Crippen LogP contribution in [0, 0.1) is 5.92 Å². The summed E-state index contributed by atoms with van der Waals surface area (Å²) in [5.41, 5.74) is 3.07. The van der Waals surface area contributed by atoms with Crippen LogP contribution >= 0.6 is 0 Å². The van der Waals surface area contributed by atoms with Gasteiger partial charge in [0.1, 0.15) is 0 Å². The van der Waals surface area contributed by atoms with Gasteiger partial charge in [-0.2, -0.15) is 0 Å². The van der Waals surface area contributed by atoms with E-state index in [-0.39, 0.29) is 0 Å². The van der Waals surface area contributed by atoms with Crippen LogP contribution < -0.4 is 0 Å². The molecular formula is C16H20. The molecule has 0 nitrogen and oxygen atoms in total. The van der Waals surface area contributed by atoms with Gasteiger partial charge in [0.05, 0.1) is 0 Å². The van der Waals surface area contributed by atoms with Gasteiger partial charge in [0.2, 0.25) is 0 Å². The van der Waals surface area contributed by atoms with E-state index >= 15 is 0 Å². The van der Waals surface area contributed by atoms with Gasteiger partial charge in [-0.25, -0.2) is 0 Å². The van der Waals surface area contributed by atoms with Crippen molar-refractivity contribution >= 4 is 6.08 Å². The molecule has 1 atom stereocenters. The first kappa shape index (κ1) is 10.1. The SMILES string of the molecule is C1=Cc2ccccc2[C@@H](C2CCCCC2)C1. The van der Waals surface area contributed by atoms with Crippen LogP contribution in [0.4, 0.5) is 0 Å². The third kappa shape index (κ3) is 1.81. The van der Waals surface area contributed by atoms with Crippen LogP contribution in [0.25, 0.3) is 6.08 Å². The summed E-state index contributed by atoms with van der Waals surface area (Å²) in [5.74, 6) is 1.75. The van der Waals surface area contributed by atoms with E-state index in [1.165, 1.54) is 44.1 Å². The lowest BCUT2D eigenvalue weighted by Gasteiger charge is -2.32. The standard InChI is InChI=1S/C16H20/c1-2-7-13(8-3-1)16-12-6-10-14-9-4-5-11-15(14)16/h4-6,9-11,13,16H,1-3,7-8,12H2/t16-/m1/s1. The van der Waals surface area contributed by atoms with E-state index in [1.807, 2.05) is 0 Å². The van der Waals surface area contributed by atoms with E-state index in [9.17, 15) is 0 Å². The Labute approximate surface area is 98.4 Å². The quantitative estimate of drug-likeness (QED) is 0.629. The van der Waals surface area contributed by atoms with E-state index in [0.29, 0.717) is 0 Å². The average molecular weight is 212 g/mol. The van der Waals surface area contributed by atoms with Gasteiger partial charge in [0.15, 0.2) is 0 Å². The zero-order chi connectivity index (χ0) is 10.8. The van der Waals surface area contributed by atoms with Gasteiger partial charge in [-0.05, 0) is 42.2 Å². The lowest BCUT2D eigenvalue weighted by atomic mass is 9.72. The summed E-state index contributed by atoms with van der Waals surface area (Å²) >= 11 is 0. The van der Waals surface area contributed by atoms with Crippen LogP contribution in [0.3, 0.4) is 0 Å². The second-order valence-electron chi connectivity index (χ2n) is 5.27. The smallest absolute Gasteiger partial charge is 0.00930 e. The molecule has 0 N–H and O–H groups in total. The highest BCUT2D eigenvalue weighted by molar-refractivity contribution is 5.57. The summed E-state index contributed by atoms with van der Waals surface area (Å²) < 4.78 is 0. The molecular weight excluding hydrogens is 192 g/mol. The van der Waals surface area contributed by atoms with Crippen molar-refractivity contribution in [2.75, 3.05) is 0 Å². The monoisotopic (exact) mass is 212 g/mol. The summed E-state index contributed by atoms with van der Waals surface area (Å²) in [5, 5.41) is 0. The molecule has 0 aliphatic heterocycles. The third-order valence-corrected chi connectivity index (χ3v) is 4.30. The highest BCUT2D eigenvalue weighted by atomic mass is 14.3. The number of hydrogen-bond acceptors (Lipinski definition) is 0. The topological polar surface area (TPSA) is 0 Å². The summed E-state index contributed by atoms with van der Waals surface area (Å²) in [6.07, 6.45) is 13.2. The largest absolute Gasteiger partial charge is 0.0833 e. The Morgan fingerprint density at radius 3 is 2.62 bits per heavy atom. The van der Waals surface area contributed by atoms with Gasteiger partial charge in [-0.1, -0.05) is 55.7 Å². The Morgan fingerprint density at radius 2 is 1.75 bits per heavy atom. The minimum absolute atomic E-state index is 0.807. The first-order chi connectivity index (χ1) is 7.95. The zero-order valence-electron chi connectivity index (χ0n) is 9.86. The molecule has 1 fully saturated rings. The molecule has 0 aromatic heterocycles. The van der Waals surface area contributed by atoms with Crippen LogP contribution in [0.5, 0.6) is 0 Å². The van der Waals surface area contributed by atoms with Crippen molar-refractivity contribution in [3.63, 3.8) is 0 Å². The van der Waals surface area contributed by atoms with E-state index in [2.05, 4.69) is 36.4 Å². The molecule has 0 saturated heterocycles. The molecule has 16 heavy (non-hydrogen) atoms. The van der Waals surface area contributed by atoms with Crippen molar-refractivity contribution in [2.45, 2.75) is 44.4 Å². The van der Waals surface area contributed by atoms with E-state index in [0.717, 1.165) is 11.8 Å². The number of rotatable bonds is 1. The summed E-state index contributed by atoms with van der Waals surface area (Å²) in [6.45, 7) is 0. The maximum atomic E-state index is 2.38. The normalized spacial score (nSPS) is 25.4. The molecule has 0 bridgehead atoms. The van der Waals surface area contributed by atoms with E-state index < -0.39 is 0 Å². The molecule has 2 aliphatic rings. The molecule has 0 radical (unpaired) electrons. The van der Waals surface area contributed by atoms with Gasteiger partial charge < -0.3 is 0 Å². The number of hydrogen-bond donors (Lipinski definition) is 0. The second kappa shape index (κ2) is 4.45. The van der Waals surface area contributed by atoms with Gasteiger partial charge in [0.25, 0.3) is 0 Å². The molecule has 0 unspecified atom stereocenters. The molecule has 1 aromatic carbocycles. The first-order valence-corrected chi connectivity index (χ1v) is 6.70. The minimum atomic E-state index is 0.807. The van der Waals surface area contributed by atoms with Crippen LogP contribution in [-0.4, -0.2) is 0 Å². The molecule has 0 heterocycles. The minimum Gasteiger partial charge on any atom is -0.0833 e. The van der Waals surface area contributed by atoms with Crippen LogP contribution in [0.1, 0.15) is 55.6 Å². The lowest BCUT2D eigenvalue weighted by molar-refractivity contribution is 0.304. The summed E-state index contributed by atoms with van der Waals surface area (Å²) in [6, 6.07) is 8.97. The molecule has 0 heteroatoms. The highest BCUT2D eigenvalue weighted by Gasteiger charge is 2.26. The fourth-order valence-corrected chi connectivity index (χ4v) is 3.45. The third-order valence-electron chi connectivity index (χ3n) is 4.30. The van der Waals surface area contributed by atoms with Crippen molar-refractivity contribution in [1.82, 2.24) is 0 Å². The molecule has 1 saturated carbocycles. The van der Waals surface area contributed by atoms with Gasteiger partial charge in [0, 0.05) is 0 Å². The van der Waals surface area contributed by atoms with Gasteiger partial charge in [-0.3, -0.25) is 0 Å². The molecule has 1 aromatic rings. The van der Waals surface area contributed by atoms with Crippen molar-refractivity contribution in [1.29, 1.82) is 0 Å². The van der Waals surface area contributed by atoms with Crippen molar-refractivity contribution < 1.29 is 0 Å². The average Bonchev–Trinajstić information content (AvgIpc) is 2.39. The van der Waals surface area contributed by atoms with Gasteiger partial charge in [-0.15, -0.1) is 0 Å². The molecule has 84 valence electrons. The van der Waals surface area contributed by atoms with Crippen molar-refractivity contribution in [3.05, 3.63) is 41.5 Å². The maximum absolute atomic E-state index is 2.38. The fourth-order valence-electron chi connectivity index (χ4n) is 3.45. The molecule has 0 spiro atoms.